The molecule has 0 atom stereocenters. The zero-order valence-corrected chi connectivity index (χ0v) is 9.07. The Labute approximate surface area is 94.9 Å². The second-order valence-electron chi connectivity index (χ2n) is 3.23. The van der Waals surface area contributed by atoms with Crippen molar-refractivity contribution in [2.45, 2.75) is 0 Å². The van der Waals surface area contributed by atoms with Crippen LogP contribution >= 0.6 is 11.6 Å². The second-order valence-corrected chi connectivity index (χ2v) is 3.67. The highest BCUT2D eigenvalue weighted by Crippen LogP contribution is 2.14. The van der Waals surface area contributed by atoms with E-state index in [0.717, 1.165) is 9.25 Å². The van der Waals surface area contributed by atoms with Gasteiger partial charge in [0.05, 0.1) is 16.9 Å². The third kappa shape index (κ3) is 1.57. The van der Waals surface area contributed by atoms with Crippen LogP contribution in [0.5, 0.6) is 0 Å². The number of pyridine rings is 1. The van der Waals surface area contributed by atoms with Crippen molar-refractivity contribution < 1.29 is 4.39 Å². The highest BCUT2D eigenvalue weighted by atomic mass is 35.5. The van der Waals surface area contributed by atoms with E-state index in [-0.39, 0.29) is 16.4 Å². The van der Waals surface area contributed by atoms with Crippen LogP contribution in [0.2, 0.25) is 5.02 Å². The SMILES string of the molecule is Cn1ncc(-n2cc(Cl)cc(N)c2=O)c1F. The molecule has 0 aliphatic heterocycles. The minimum Gasteiger partial charge on any atom is -0.394 e. The first-order valence-corrected chi connectivity index (χ1v) is 4.74. The molecule has 0 bridgehead atoms. The molecule has 0 amide bonds. The average molecular weight is 243 g/mol. The van der Waals surface area contributed by atoms with E-state index in [1.165, 1.54) is 25.5 Å². The van der Waals surface area contributed by atoms with Crippen LogP contribution in [-0.4, -0.2) is 14.3 Å². The number of aryl methyl sites for hydroxylation is 1. The lowest BCUT2D eigenvalue weighted by atomic mass is 10.4. The minimum atomic E-state index is -0.635. The minimum absolute atomic E-state index is 0.0155. The van der Waals surface area contributed by atoms with E-state index in [9.17, 15) is 9.18 Å². The van der Waals surface area contributed by atoms with Gasteiger partial charge in [-0.15, -0.1) is 0 Å². The summed E-state index contributed by atoms with van der Waals surface area (Å²) in [4.78, 5) is 11.7. The highest BCUT2D eigenvalue weighted by molar-refractivity contribution is 6.30. The van der Waals surface area contributed by atoms with Gasteiger partial charge in [0, 0.05) is 13.2 Å². The zero-order valence-electron chi connectivity index (χ0n) is 8.32. The van der Waals surface area contributed by atoms with E-state index in [4.69, 9.17) is 17.3 Å². The number of aromatic nitrogens is 3. The van der Waals surface area contributed by atoms with E-state index in [0.29, 0.717) is 0 Å². The van der Waals surface area contributed by atoms with Crippen molar-refractivity contribution in [1.29, 1.82) is 0 Å². The number of hydrogen-bond donors (Lipinski definition) is 1. The fourth-order valence-electron chi connectivity index (χ4n) is 1.32. The Balaban J connectivity index is 2.74. The molecule has 2 N–H and O–H groups in total. The summed E-state index contributed by atoms with van der Waals surface area (Å²) in [6.45, 7) is 0. The number of hydrogen-bond acceptors (Lipinski definition) is 3. The van der Waals surface area contributed by atoms with Crippen LogP contribution < -0.4 is 11.3 Å². The molecular formula is C9H8ClFN4O. The summed E-state index contributed by atoms with van der Waals surface area (Å²) in [7, 11) is 1.43. The Kier molecular flexibility index (Phi) is 2.43. The summed E-state index contributed by atoms with van der Waals surface area (Å²) in [6.07, 6.45) is 2.52. The van der Waals surface area contributed by atoms with Gasteiger partial charge >= 0.3 is 0 Å². The average Bonchev–Trinajstić information content (AvgIpc) is 2.54. The quantitative estimate of drug-likeness (QED) is 0.810. The van der Waals surface area contributed by atoms with E-state index in [1.807, 2.05) is 0 Å². The van der Waals surface area contributed by atoms with Gasteiger partial charge in [0.2, 0.25) is 5.95 Å². The number of nitrogens with zero attached hydrogens (tertiary/aromatic N) is 3. The normalized spacial score (nSPS) is 10.7. The molecule has 0 aliphatic carbocycles. The van der Waals surface area contributed by atoms with Crippen molar-refractivity contribution in [3.8, 4) is 5.69 Å². The summed E-state index contributed by atoms with van der Waals surface area (Å²) in [5.41, 5.74) is 4.89. The largest absolute Gasteiger partial charge is 0.394 e. The number of anilines is 1. The molecule has 16 heavy (non-hydrogen) atoms. The first kappa shape index (κ1) is 10.7. The number of nitrogens with two attached hydrogens (primary N) is 1. The Bertz CT molecular complexity index is 604. The van der Waals surface area contributed by atoms with Crippen molar-refractivity contribution in [3.63, 3.8) is 0 Å². The molecule has 0 saturated heterocycles. The van der Waals surface area contributed by atoms with Crippen molar-refractivity contribution in [2.75, 3.05) is 5.73 Å². The van der Waals surface area contributed by atoms with Crippen molar-refractivity contribution in [2.24, 2.45) is 7.05 Å². The molecule has 0 spiro atoms. The van der Waals surface area contributed by atoms with Gasteiger partial charge in [-0.1, -0.05) is 11.6 Å². The second kappa shape index (κ2) is 3.64. The van der Waals surface area contributed by atoms with Crippen molar-refractivity contribution >= 4 is 17.3 Å². The Morgan fingerprint density at radius 3 is 2.81 bits per heavy atom. The molecule has 2 rings (SSSR count). The molecule has 5 nitrogen and oxygen atoms in total. The highest BCUT2D eigenvalue weighted by Gasteiger charge is 2.13. The fourth-order valence-corrected chi connectivity index (χ4v) is 1.54. The molecule has 7 heteroatoms. The van der Waals surface area contributed by atoms with Crippen LogP contribution in [0.3, 0.4) is 0 Å². The Morgan fingerprint density at radius 2 is 2.25 bits per heavy atom. The molecule has 0 saturated carbocycles. The third-order valence-electron chi connectivity index (χ3n) is 2.12. The van der Waals surface area contributed by atoms with E-state index in [1.54, 1.807) is 0 Å². The lowest BCUT2D eigenvalue weighted by Crippen LogP contribution is -2.21. The molecule has 0 unspecified atom stereocenters. The molecule has 0 radical (unpaired) electrons. The van der Waals surface area contributed by atoms with Gasteiger partial charge in [0.1, 0.15) is 5.69 Å². The summed E-state index contributed by atoms with van der Waals surface area (Å²) >= 11 is 5.74. The van der Waals surface area contributed by atoms with Gasteiger partial charge < -0.3 is 5.73 Å². The van der Waals surface area contributed by atoms with Gasteiger partial charge in [-0.3, -0.25) is 9.36 Å². The molecular weight excluding hydrogens is 235 g/mol. The smallest absolute Gasteiger partial charge is 0.278 e. The first-order chi connectivity index (χ1) is 7.50. The van der Waals surface area contributed by atoms with E-state index < -0.39 is 11.5 Å². The first-order valence-electron chi connectivity index (χ1n) is 4.36. The molecule has 0 fully saturated rings. The lowest BCUT2D eigenvalue weighted by molar-refractivity contribution is 0.499. The Hall–Kier alpha value is -1.82. The van der Waals surface area contributed by atoms with Crippen molar-refractivity contribution in [1.82, 2.24) is 14.3 Å². The molecule has 0 aliphatic rings. The number of rotatable bonds is 1. The van der Waals surface area contributed by atoms with Crippen LogP contribution in [-0.2, 0) is 7.05 Å². The molecule has 2 aromatic rings. The van der Waals surface area contributed by atoms with Gasteiger partial charge in [0.25, 0.3) is 5.56 Å². The van der Waals surface area contributed by atoms with Crippen LogP contribution in [0.1, 0.15) is 0 Å². The maximum absolute atomic E-state index is 13.5. The van der Waals surface area contributed by atoms with E-state index >= 15 is 0 Å². The van der Waals surface area contributed by atoms with Gasteiger partial charge in [-0.2, -0.15) is 9.49 Å². The maximum Gasteiger partial charge on any atom is 0.278 e. The van der Waals surface area contributed by atoms with E-state index in [2.05, 4.69) is 5.10 Å². The summed E-state index contributed by atoms with van der Waals surface area (Å²) < 4.78 is 15.6. The monoisotopic (exact) mass is 242 g/mol. The predicted molar refractivity (Wildman–Crippen MR) is 58.2 cm³/mol. The van der Waals surface area contributed by atoms with Crippen molar-refractivity contribution in [3.05, 3.63) is 39.8 Å². The fraction of sp³-hybridized carbons (Fsp3) is 0.111. The maximum atomic E-state index is 13.5. The summed E-state index contributed by atoms with van der Waals surface area (Å²) in [6, 6.07) is 1.31. The molecule has 2 heterocycles. The van der Waals surface area contributed by atoms with Gasteiger partial charge in [-0.05, 0) is 6.07 Å². The molecule has 2 aromatic heterocycles. The van der Waals surface area contributed by atoms with Crippen LogP contribution in [0, 0.1) is 5.95 Å². The lowest BCUT2D eigenvalue weighted by Gasteiger charge is -2.04. The Morgan fingerprint density at radius 1 is 1.56 bits per heavy atom. The van der Waals surface area contributed by atoms with Crippen LogP contribution in [0.15, 0.2) is 23.3 Å². The van der Waals surface area contributed by atoms with Crippen LogP contribution in [0.4, 0.5) is 10.1 Å². The standard InChI is InChI=1S/C9H8ClFN4O/c1-14-8(11)7(3-13-14)15-4-5(10)2-6(12)9(15)16/h2-4H,12H2,1H3. The van der Waals surface area contributed by atoms with Gasteiger partial charge in [-0.25, -0.2) is 4.68 Å². The number of nitrogen functional groups attached to an aromatic ring is 1. The summed E-state index contributed by atoms with van der Waals surface area (Å²) in [5, 5.41) is 3.94. The third-order valence-corrected chi connectivity index (χ3v) is 2.33. The molecule has 0 aromatic carbocycles. The predicted octanol–water partition coefficient (Wildman–Crippen LogP) is 0.946. The van der Waals surface area contributed by atoms with Gasteiger partial charge in [0.15, 0.2) is 0 Å². The molecule has 84 valence electrons. The number of halogens is 2. The summed E-state index contributed by atoms with van der Waals surface area (Å²) in [5.74, 6) is -0.635. The topological polar surface area (TPSA) is 65.8 Å². The van der Waals surface area contributed by atoms with Crippen LogP contribution in [0.25, 0.3) is 5.69 Å². The zero-order chi connectivity index (χ0) is 11.9.